The van der Waals surface area contributed by atoms with Gasteiger partial charge in [0, 0.05) is 28.9 Å². The highest BCUT2D eigenvalue weighted by Gasteiger charge is 2.35. The summed E-state index contributed by atoms with van der Waals surface area (Å²) in [5.74, 6) is 1.84. The molecule has 5 rings (SSSR count). The number of carbonyl (C=O) groups is 1. The minimum Gasteiger partial charge on any atom is -0.478 e. The number of allylic oxidation sites excluding steroid dienone is 1. The van der Waals surface area contributed by atoms with E-state index in [1.807, 2.05) is 37.4 Å². The Kier molecular flexibility index (Phi) is 4.34. The van der Waals surface area contributed by atoms with Crippen molar-refractivity contribution in [3.05, 3.63) is 72.8 Å². The third-order valence-corrected chi connectivity index (χ3v) is 6.94. The van der Waals surface area contributed by atoms with E-state index in [1.54, 1.807) is 22.7 Å². The van der Waals surface area contributed by atoms with Crippen LogP contribution in [-0.4, -0.2) is 17.4 Å². The summed E-state index contributed by atoms with van der Waals surface area (Å²) in [5.41, 5.74) is 3.68. The molecule has 2 aliphatic rings. The predicted octanol–water partition coefficient (Wildman–Crippen LogP) is 5.39. The minimum atomic E-state index is -0.0431. The lowest BCUT2D eigenvalue weighted by Crippen LogP contribution is -2.31. The van der Waals surface area contributed by atoms with Crippen LogP contribution in [0.3, 0.4) is 0 Å². The highest BCUT2D eigenvalue weighted by Crippen LogP contribution is 2.44. The van der Waals surface area contributed by atoms with Gasteiger partial charge in [0.05, 0.1) is 11.1 Å². The third-order valence-electron chi connectivity index (χ3n) is 5.11. The van der Waals surface area contributed by atoms with Crippen molar-refractivity contribution in [2.24, 2.45) is 0 Å². The summed E-state index contributed by atoms with van der Waals surface area (Å²) in [7, 11) is 0. The molecule has 0 saturated heterocycles. The molecule has 0 radical (unpaired) electrons. The molecule has 0 bridgehead atoms. The van der Waals surface area contributed by atoms with Crippen LogP contribution in [0, 0.1) is 13.8 Å². The van der Waals surface area contributed by atoms with Crippen molar-refractivity contribution in [3.63, 3.8) is 0 Å². The number of Topliss-reactive ketones (excluding diaryl/α,β-unsaturated/α-hetero) is 1. The van der Waals surface area contributed by atoms with E-state index in [4.69, 9.17) is 9.47 Å². The Bertz CT molecular complexity index is 1100. The van der Waals surface area contributed by atoms with Crippen molar-refractivity contribution in [3.8, 4) is 11.5 Å². The van der Waals surface area contributed by atoms with Crippen molar-refractivity contribution >= 4 is 34.5 Å². The molecule has 6 heteroatoms. The molecule has 0 fully saturated rings. The van der Waals surface area contributed by atoms with E-state index in [2.05, 4.69) is 22.4 Å². The van der Waals surface area contributed by atoms with E-state index in [0.29, 0.717) is 30.3 Å². The smallest absolute Gasteiger partial charge is 0.232 e. The molecule has 0 amide bonds. The molecule has 0 aliphatic carbocycles. The topological polar surface area (TPSA) is 38.8 Å². The van der Waals surface area contributed by atoms with Crippen molar-refractivity contribution in [1.82, 2.24) is 4.90 Å². The van der Waals surface area contributed by atoms with Crippen LogP contribution in [0.25, 0.3) is 6.08 Å². The molecular weight excluding hydrogens is 390 g/mol. The first-order chi connectivity index (χ1) is 13.6. The van der Waals surface area contributed by atoms with E-state index in [-0.39, 0.29) is 5.78 Å². The average Bonchev–Trinajstić information content (AvgIpc) is 3.39. The number of hydrogen-bond donors (Lipinski definition) is 0. The quantitative estimate of drug-likeness (QED) is 0.543. The van der Waals surface area contributed by atoms with Gasteiger partial charge in [-0.15, -0.1) is 22.7 Å². The molecule has 0 spiro atoms. The lowest BCUT2D eigenvalue weighted by atomic mass is 9.99. The fourth-order valence-corrected chi connectivity index (χ4v) is 5.25. The molecule has 1 aromatic carbocycles. The number of ether oxygens (including phenoxy) is 2. The Morgan fingerprint density at radius 2 is 2.07 bits per heavy atom. The van der Waals surface area contributed by atoms with Gasteiger partial charge >= 0.3 is 0 Å². The molecule has 2 aromatic heterocycles. The summed E-state index contributed by atoms with van der Waals surface area (Å²) in [4.78, 5) is 17.6. The fourth-order valence-electron chi connectivity index (χ4n) is 3.65. The number of fused-ring (bicyclic) bond motifs is 3. The van der Waals surface area contributed by atoms with E-state index < -0.39 is 0 Å². The van der Waals surface area contributed by atoms with Gasteiger partial charge in [-0.3, -0.25) is 9.69 Å². The monoisotopic (exact) mass is 409 g/mol. The van der Waals surface area contributed by atoms with E-state index >= 15 is 0 Å². The van der Waals surface area contributed by atoms with Crippen LogP contribution in [0.15, 0.2) is 40.8 Å². The van der Waals surface area contributed by atoms with Gasteiger partial charge in [-0.05, 0) is 53.9 Å². The van der Waals surface area contributed by atoms with Gasteiger partial charge in [0.15, 0.2) is 5.76 Å². The van der Waals surface area contributed by atoms with Crippen molar-refractivity contribution < 1.29 is 14.3 Å². The first kappa shape index (κ1) is 17.7. The number of carbonyl (C=O) groups excluding carboxylic acids is 1. The summed E-state index contributed by atoms with van der Waals surface area (Å²) in [5, 5.41) is 4.11. The van der Waals surface area contributed by atoms with Crippen LogP contribution >= 0.6 is 22.7 Å². The molecule has 28 heavy (non-hydrogen) atoms. The largest absolute Gasteiger partial charge is 0.478 e. The number of ketones is 1. The second-order valence-electron chi connectivity index (χ2n) is 7.12. The molecule has 2 aliphatic heterocycles. The molecular formula is C22H19NO3S2. The number of benzene rings is 1. The summed E-state index contributed by atoms with van der Waals surface area (Å²) in [6.07, 6.45) is 1.86. The van der Waals surface area contributed by atoms with Gasteiger partial charge in [0.25, 0.3) is 0 Å². The van der Waals surface area contributed by atoms with Crippen LogP contribution < -0.4 is 9.47 Å². The summed E-state index contributed by atoms with van der Waals surface area (Å²) in [6.45, 7) is 6.05. The molecule has 0 atom stereocenters. The Labute approximate surface area is 171 Å². The molecule has 142 valence electrons. The van der Waals surface area contributed by atoms with E-state index in [0.717, 1.165) is 33.9 Å². The lowest BCUT2D eigenvalue weighted by molar-refractivity contribution is 0.0881. The molecule has 3 aromatic rings. The number of rotatable bonds is 3. The molecule has 0 saturated carbocycles. The van der Waals surface area contributed by atoms with Crippen LogP contribution in [0.2, 0.25) is 0 Å². The Hall–Kier alpha value is -2.41. The first-order valence-electron chi connectivity index (χ1n) is 9.12. The van der Waals surface area contributed by atoms with Crippen LogP contribution in [0.1, 0.15) is 36.8 Å². The van der Waals surface area contributed by atoms with Crippen molar-refractivity contribution in [2.45, 2.75) is 26.9 Å². The van der Waals surface area contributed by atoms with Crippen LogP contribution in [0.5, 0.6) is 11.5 Å². The standard InChI is InChI=1S/C22H19NO3S2/c1-13-5-7-28-19(13)9-18-21(24)20-14(2)8-17-16(22(20)26-18)11-23(12-25-17)10-15-4-3-6-27-15/h3-9H,10-12H2,1-2H3/b18-9-. The van der Waals surface area contributed by atoms with E-state index in [1.165, 1.54) is 4.88 Å². The third kappa shape index (κ3) is 2.98. The zero-order valence-electron chi connectivity index (χ0n) is 15.7. The summed E-state index contributed by atoms with van der Waals surface area (Å²) in [6, 6.07) is 8.21. The van der Waals surface area contributed by atoms with Gasteiger partial charge in [0.2, 0.25) is 5.78 Å². The highest BCUT2D eigenvalue weighted by atomic mass is 32.1. The second kappa shape index (κ2) is 6.88. The van der Waals surface area contributed by atoms with Gasteiger partial charge in [0.1, 0.15) is 18.2 Å². The lowest BCUT2D eigenvalue weighted by Gasteiger charge is -2.29. The maximum Gasteiger partial charge on any atom is 0.232 e. The predicted molar refractivity (Wildman–Crippen MR) is 112 cm³/mol. The Balaban J connectivity index is 1.50. The number of nitrogens with zero attached hydrogens (tertiary/aromatic N) is 1. The maximum absolute atomic E-state index is 13.0. The molecule has 0 unspecified atom stereocenters. The normalized spacial score (nSPS) is 17.4. The van der Waals surface area contributed by atoms with Crippen molar-refractivity contribution in [2.75, 3.05) is 6.73 Å². The van der Waals surface area contributed by atoms with Gasteiger partial charge in [-0.25, -0.2) is 0 Å². The zero-order valence-corrected chi connectivity index (χ0v) is 17.3. The number of aryl methyl sites for hydroxylation is 2. The SMILES string of the molecule is Cc1ccsc1/C=C1\Oc2c3c(cc(C)c2C1=O)OCN(Cc1cccs1)C3. The Morgan fingerprint density at radius 3 is 2.82 bits per heavy atom. The average molecular weight is 410 g/mol. The van der Waals surface area contributed by atoms with Gasteiger partial charge in [-0.1, -0.05) is 6.07 Å². The first-order valence-corrected chi connectivity index (χ1v) is 10.9. The van der Waals surface area contributed by atoms with Crippen LogP contribution in [0.4, 0.5) is 0 Å². The second-order valence-corrected chi connectivity index (χ2v) is 9.10. The maximum atomic E-state index is 13.0. The molecule has 4 nitrogen and oxygen atoms in total. The number of hydrogen-bond acceptors (Lipinski definition) is 6. The van der Waals surface area contributed by atoms with Gasteiger partial charge < -0.3 is 9.47 Å². The molecule has 0 N–H and O–H groups in total. The minimum absolute atomic E-state index is 0.0431. The highest BCUT2D eigenvalue weighted by molar-refractivity contribution is 7.11. The van der Waals surface area contributed by atoms with Crippen LogP contribution in [-0.2, 0) is 13.1 Å². The van der Waals surface area contributed by atoms with Crippen molar-refractivity contribution in [1.29, 1.82) is 0 Å². The molecule has 4 heterocycles. The fraction of sp³-hybridized carbons (Fsp3) is 0.227. The zero-order chi connectivity index (χ0) is 19.3. The summed E-state index contributed by atoms with van der Waals surface area (Å²) < 4.78 is 12.1. The van der Waals surface area contributed by atoms with E-state index in [9.17, 15) is 4.79 Å². The van der Waals surface area contributed by atoms with Gasteiger partial charge in [-0.2, -0.15) is 0 Å². The Morgan fingerprint density at radius 1 is 1.18 bits per heavy atom. The number of thiophene rings is 2. The summed E-state index contributed by atoms with van der Waals surface area (Å²) >= 11 is 3.35.